The van der Waals surface area contributed by atoms with Crippen LogP contribution in [0, 0.1) is 0 Å². The number of nitrogens with zero attached hydrogens (tertiary/aromatic N) is 3. The van der Waals surface area contributed by atoms with Gasteiger partial charge in [-0.15, -0.1) is 0 Å². The molecule has 1 aromatic heterocycles. The smallest absolute Gasteiger partial charge is 0.267 e. The summed E-state index contributed by atoms with van der Waals surface area (Å²) in [6.07, 6.45) is 4.41. The molecule has 2 heterocycles. The van der Waals surface area contributed by atoms with Gasteiger partial charge in [0.25, 0.3) is 5.91 Å². The first-order valence-electron chi connectivity index (χ1n) is 9.29. The second-order valence-electron chi connectivity index (χ2n) is 6.75. The zero-order chi connectivity index (χ0) is 21.1. The molecular formula is C20H20N4O4S2. The lowest BCUT2D eigenvalue weighted by molar-refractivity contribution is -0.124. The molecule has 0 atom stereocenters. The van der Waals surface area contributed by atoms with Crippen LogP contribution < -0.4 is 10.4 Å². The molecule has 1 aliphatic heterocycles. The molecule has 3 aromatic rings. The number of carbonyl (C=O) groups is 1. The van der Waals surface area contributed by atoms with Crippen molar-refractivity contribution in [3.05, 3.63) is 59.6 Å². The standard InChI is InChI=1S/C20H20N4O4S2/c25-19(22-26)8-6-17-14-21-20(29-17)23-9-11-24(12-10-23)30(27,28)18-7-5-15-3-1-2-4-16(15)13-18/h1-8,13-14,26H,9-12H2,(H,22,25)/b8-6+. The van der Waals surface area contributed by atoms with Crippen molar-refractivity contribution in [1.82, 2.24) is 14.8 Å². The quantitative estimate of drug-likeness (QED) is 0.356. The third kappa shape index (κ3) is 4.21. The Morgan fingerprint density at radius 2 is 1.83 bits per heavy atom. The van der Waals surface area contributed by atoms with Gasteiger partial charge in [0.15, 0.2) is 5.13 Å². The highest BCUT2D eigenvalue weighted by Gasteiger charge is 2.29. The molecule has 1 saturated heterocycles. The van der Waals surface area contributed by atoms with E-state index in [1.54, 1.807) is 24.4 Å². The number of fused-ring (bicyclic) bond motifs is 1. The van der Waals surface area contributed by atoms with Gasteiger partial charge in [-0.1, -0.05) is 41.7 Å². The van der Waals surface area contributed by atoms with E-state index in [0.29, 0.717) is 31.1 Å². The summed E-state index contributed by atoms with van der Waals surface area (Å²) in [6.45, 7) is 1.79. The van der Waals surface area contributed by atoms with Crippen LogP contribution in [0.4, 0.5) is 5.13 Å². The summed E-state index contributed by atoms with van der Waals surface area (Å²) in [7, 11) is -3.56. The average Bonchev–Trinajstić information content (AvgIpc) is 3.26. The van der Waals surface area contributed by atoms with E-state index in [-0.39, 0.29) is 0 Å². The fourth-order valence-corrected chi connectivity index (χ4v) is 5.62. The third-order valence-electron chi connectivity index (χ3n) is 4.89. The Balaban J connectivity index is 1.44. The summed E-state index contributed by atoms with van der Waals surface area (Å²) in [5, 5.41) is 11.2. The summed E-state index contributed by atoms with van der Waals surface area (Å²) in [5.41, 5.74) is 1.53. The minimum absolute atomic E-state index is 0.304. The van der Waals surface area contributed by atoms with Crippen LogP contribution in [-0.2, 0) is 14.8 Å². The second kappa shape index (κ2) is 8.52. The van der Waals surface area contributed by atoms with Gasteiger partial charge in [-0.2, -0.15) is 4.31 Å². The van der Waals surface area contributed by atoms with E-state index in [0.717, 1.165) is 20.8 Å². The molecule has 2 N–H and O–H groups in total. The lowest BCUT2D eigenvalue weighted by Gasteiger charge is -2.33. The summed E-state index contributed by atoms with van der Waals surface area (Å²) in [5.74, 6) is -0.613. The van der Waals surface area contributed by atoms with Gasteiger partial charge < -0.3 is 4.90 Å². The van der Waals surface area contributed by atoms with E-state index in [4.69, 9.17) is 5.21 Å². The van der Waals surface area contributed by atoms with Gasteiger partial charge in [0.2, 0.25) is 10.0 Å². The summed E-state index contributed by atoms with van der Waals surface area (Å²) in [6, 6.07) is 12.9. The van der Waals surface area contributed by atoms with E-state index in [9.17, 15) is 13.2 Å². The fraction of sp³-hybridized carbons (Fsp3) is 0.200. The zero-order valence-electron chi connectivity index (χ0n) is 15.9. The molecule has 2 aromatic carbocycles. The number of anilines is 1. The van der Waals surface area contributed by atoms with Crippen LogP contribution >= 0.6 is 11.3 Å². The van der Waals surface area contributed by atoms with Crippen molar-refractivity contribution in [2.24, 2.45) is 0 Å². The summed E-state index contributed by atoms with van der Waals surface area (Å²) < 4.78 is 27.7. The highest BCUT2D eigenvalue weighted by Crippen LogP contribution is 2.27. The van der Waals surface area contributed by atoms with Crippen molar-refractivity contribution in [2.45, 2.75) is 4.90 Å². The number of benzene rings is 2. The number of hydrogen-bond donors (Lipinski definition) is 2. The highest BCUT2D eigenvalue weighted by atomic mass is 32.2. The predicted molar refractivity (Wildman–Crippen MR) is 116 cm³/mol. The van der Waals surface area contributed by atoms with Crippen LogP contribution in [0.3, 0.4) is 0 Å². The Bertz CT molecular complexity index is 1200. The van der Waals surface area contributed by atoms with E-state index in [2.05, 4.69) is 4.98 Å². The maximum absolute atomic E-state index is 13.1. The Hall–Kier alpha value is -2.79. The number of carbonyl (C=O) groups excluding carboxylic acids is 1. The van der Waals surface area contributed by atoms with Crippen LogP contribution in [-0.4, -0.2) is 55.0 Å². The second-order valence-corrected chi connectivity index (χ2v) is 9.73. The van der Waals surface area contributed by atoms with Crippen LogP contribution in [0.5, 0.6) is 0 Å². The molecule has 0 spiro atoms. The minimum atomic E-state index is -3.56. The number of amides is 1. The lowest BCUT2D eigenvalue weighted by atomic mass is 10.1. The molecule has 1 amide bonds. The van der Waals surface area contributed by atoms with Crippen LogP contribution in [0.15, 0.2) is 59.6 Å². The van der Waals surface area contributed by atoms with Gasteiger partial charge in [0.05, 0.1) is 4.90 Å². The third-order valence-corrected chi connectivity index (χ3v) is 7.81. The molecule has 0 unspecified atom stereocenters. The molecule has 1 fully saturated rings. The molecule has 156 valence electrons. The monoisotopic (exact) mass is 444 g/mol. The van der Waals surface area contributed by atoms with Crippen molar-refractivity contribution in [2.75, 3.05) is 31.1 Å². The molecule has 0 saturated carbocycles. The van der Waals surface area contributed by atoms with Gasteiger partial charge in [-0.25, -0.2) is 18.9 Å². The van der Waals surface area contributed by atoms with Gasteiger partial charge in [0, 0.05) is 43.3 Å². The predicted octanol–water partition coefficient (Wildman–Crippen LogP) is 2.33. The number of piperazine rings is 1. The van der Waals surface area contributed by atoms with E-state index in [1.807, 2.05) is 35.2 Å². The molecule has 0 bridgehead atoms. The van der Waals surface area contributed by atoms with Gasteiger partial charge in [-0.3, -0.25) is 10.0 Å². The average molecular weight is 445 g/mol. The fourth-order valence-electron chi connectivity index (χ4n) is 3.29. The first-order chi connectivity index (χ1) is 14.5. The molecule has 1 aliphatic rings. The van der Waals surface area contributed by atoms with Crippen LogP contribution in [0.1, 0.15) is 4.88 Å². The minimum Gasteiger partial charge on any atom is -0.345 e. The number of rotatable bonds is 5. The lowest BCUT2D eigenvalue weighted by Crippen LogP contribution is -2.48. The number of sulfonamides is 1. The molecule has 0 aliphatic carbocycles. The molecular weight excluding hydrogens is 424 g/mol. The maximum Gasteiger partial charge on any atom is 0.267 e. The first kappa shape index (κ1) is 20.5. The van der Waals surface area contributed by atoms with Crippen molar-refractivity contribution in [3.63, 3.8) is 0 Å². The molecule has 10 heteroatoms. The molecule has 0 radical (unpaired) electrons. The SMILES string of the molecule is O=C(/C=C/c1cnc(N2CCN(S(=O)(=O)c3ccc4ccccc4c3)CC2)s1)NO. The number of aromatic nitrogens is 1. The number of hydrogen-bond acceptors (Lipinski definition) is 7. The van der Waals surface area contributed by atoms with Crippen LogP contribution in [0.2, 0.25) is 0 Å². The van der Waals surface area contributed by atoms with Gasteiger partial charge in [-0.05, 0) is 29.0 Å². The Kier molecular flexibility index (Phi) is 5.82. The topological polar surface area (TPSA) is 103 Å². The Labute approximate surface area is 178 Å². The first-order valence-corrected chi connectivity index (χ1v) is 11.5. The maximum atomic E-state index is 13.1. The van der Waals surface area contributed by atoms with Crippen molar-refractivity contribution < 1.29 is 18.4 Å². The van der Waals surface area contributed by atoms with E-state index >= 15 is 0 Å². The van der Waals surface area contributed by atoms with Crippen molar-refractivity contribution in [1.29, 1.82) is 0 Å². The van der Waals surface area contributed by atoms with Crippen molar-refractivity contribution >= 4 is 49.2 Å². The van der Waals surface area contributed by atoms with Gasteiger partial charge in [0.1, 0.15) is 0 Å². The Morgan fingerprint density at radius 1 is 1.10 bits per heavy atom. The largest absolute Gasteiger partial charge is 0.345 e. The zero-order valence-corrected chi connectivity index (χ0v) is 17.6. The number of hydroxylamine groups is 1. The summed E-state index contributed by atoms with van der Waals surface area (Å²) >= 11 is 1.40. The number of nitrogens with one attached hydrogen (secondary N) is 1. The normalized spacial score (nSPS) is 15.7. The van der Waals surface area contributed by atoms with Crippen molar-refractivity contribution in [3.8, 4) is 0 Å². The van der Waals surface area contributed by atoms with Crippen LogP contribution in [0.25, 0.3) is 16.8 Å². The van der Waals surface area contributed by atoms with Gasteiger partial charge >= 0.3 is 0 Å². The number of thiazole rings is 1. The molecule has 4 rings (SSSR count). The van der Waals surface area contributed by atoms with E-state index < -0.39 is 15.9 Å². The summed E-state index contributed by atoms with van der Waals surface area (Å²) in [4.78, 5) is 18.5. The molecule has 30 heavy (non-hydrogen) atoms. The highest BCUT2D eigenvalue weighted by molar-refractivity contribution is 7.89. The molecule has 8 nitrogen and oxygen atoms in total. The Morgan fingerprint density at radius 3 is 2.57 bits per heavy atom. The van der Waals surface area contributed by atoms with E-state index in [1.165, 1.54) is 27.2 Å².